The summed E-state index contributed by atoms with van der Waals surface area (Å²) in [5, 5.41) is 19.6. The van der Waals surface area contributed by atoms with Crippen molar-refractivity contribution in [3.05, 3.63) is 41.2 Å². The van der Waals surface area contributed by atoms with E-state index in [9.17, 15) is 4.79 Å². The van der Waals surface area contributed by atoms with Gasteiger partial charge in [0.05, 0.1) is 5.75 Å². The highest BCUT2D eigenvalue weighted by molar-refractivity contribution is 7.99. The average molecular weight is 390 g/mol. The maximum absolute atomic E-state index is 11.9. The van der Waals surface area contributed by atoms with Crippen molar-refractivity contribution in [2.75, 3.05) is 11.1 Å². The van der Waals surface area contributed by atoms with Crippen LogP contribution in [0.4, 0.5) is 5.13 Å². The number of nitrogens with one attached hydrogen (secondary N) is 1. The van der Waals surface area contributed by atoms with Crippen LogP contribution in [-0.2, 0) is 11.8 Å². The normalized spacial score (nSPS) is 12.0. The van der Waals surface area contributed by atoms with Crippen LogP contribution >= 0.6 is 23.1 Å². The highest BCUT2D eigenvalue weighted by Gasteiger charge is 2.18. The smallest absolute Gasteiger partial charge is 0.236 e. The Morgan fingerprint density at radius 2 is 2.08 bits per heavy atom. The number of carbonyl (C=O) groups is 1. The van der Waals surface area contributed by atoms with Crippen molar-refractivity contribution >= 4 is 34.1 Å². The molecule has 0 aliphatic rings. The van der Waals surface area contributed by atoms with E-state index in [1.807, 2.05) is 49.7 Å². The van der Waals surface area contributed by atoms with Gasteiger partial charge >= 0.3 is 0 Å². The summed E-state index contributed by atoms with van der Waals surface area (Å²) < 4.78 is 7.75. The molecule has 1 atom stereocenters. The average Bonchev–Trinajstić information content (AvgIpc) is 3.25. The minimum absolute atomic E-state index is 0.166. The molecule has 0 aliphatic heterocycles. The van der Waals surface area contributed by atoms with Crippen LogP contribution in [0.2, 0.25) is 0 Å². The minimum atomic E-state index is -0.264. The van der Waals surface area contributed by atoms with Crippen molar-refractivity contribution in [3.63, 3.8) is 0 Å². The topological polar surface area (TPSA) is 94.8 Å². The number of thioether (sulfide) groups is 1. The predicted octanol–water partition coefficient (Wildman–Crippen LogP) is 2.85. The Hall–Kier alpha value is -2.46. The summed E-state index contributed by atoms with van der Waals surface area (Å²) >= 11 is 2.57. The van der Waals surface area contributed by atoms with Crippen molar-refractivity contribution in [1.82, 2.24) is 25.0 Å². The molecule has 0 radical (unpaired) electrons. The van der Waals surface area contributed by atoms with Crippen molar-refractivity contribution in [1.29, 1.82) is 0 Å². The molecule has 1 aromatic carbocycles. The van der Waals surface area contributed by atoms with Gasteiger partial charge in [-0.2, -0.15) is 0 Å². The fourth-order valence-electron chi connectivity index (χ4n) is 2.19. The lowest BCUT2D eigenvalue weighted by molar-refractivity contribution is -0.113. The Labute approximate surface area is 159 Å². The van der Waals surface area contributed by atoms with Gasteiger partial charge in [-0.25, -0.2) is 0 Å². The van der Waals surface area contributed by atoms with E-state index in [1.165, 1.54) is 28.7 Å². The van der Waals surface area contributed by atoms with Gasteiger partial charge in [0, 0.05) is 7.05 Å². The van der Waals surface area contributed by atoms with Crippen LogP contribution in [0.15, 0.2) is 34.9 Å². The molecular weight excluding hydrogens is 372 g/mol. The highest BCUT2D eigenvalue weighted by atomic mass is 32.2. The monoisotopic (exact) mass is 390 g/mol. The van der Waals surface area contributed by atoms with E-state index in [0.29, 0.717) is 16.1 Å². The Morgan fingerprint density at radius 1 is 1.31 bits per heavy atom. The Balaban J connectivity index is 1.58. The third-order valence-electron chi connectivity index (χ3n) is 3.50. The molecule has 0 saturated carbocycles. The van der Waals surface area contributed by atoms with Gasteiger partial charge < -0.3 is 9.30 Å². The number of aromatic nitrogens is 5. The SMILES string of the molecule is Cc1ccc(OC(C)c2nnc(SCC(=O)Nc3nncs3)n2C)cc1. The molecule has 10 heteroatoms. The molecule has 2 heterocycles. The standard InChI is InChI=1S/C16H18N6O2S2/c1-10-4-6-12(7-5-10)24-11(2)14-19-21-16(22(14)3)25-8-13(23)18-15-20-17-9-26-15/h4-7,9,11H,8H2,1-3H3,(H,18,20,23). The second-order valence-electron chi connectivity index (χ2n) is 5.55. The number of amides is 1. The Bertz CT molecular complexity index is 864. The summed E-state index contributed by atoms with van der Waals surface area (Å²) in [5.41, 5.74) is 2.74. The maximum Gasteiger partial charge on any atom is 0.236 e. The van der Waals surface area contributed by atoms with Gasteiger partial charge in [0.1, 0.15) is 11.3 Å². The van der Waals surface area contributed by atoms with Crippen LogP contribution in [0.1, 0.15) is 24.4 Å². The molecule has 0 bridgehead atoms. The van der Waals surface area contributed by atoms with E-state index in [-0.39, 0.29) is 17.8 Å². The molecule has 0 spiro atoms. The Kier molecular flexibility index (Phi) is 5.84. The lowest BCUT2D eigenvalue weighted by atomic mass is 10.2. The summed E-state index contributed by atoms with van der Waals surface area (Å²) in [6.45, 7) is 3.95. The van der Waals surface area contributed by atoms with E-state index in [4.69, 9.17) is 4.74 Å². The number of aryl methyl sites for hydroxylation is 1. The number of hydrogen-bond donors (Lipinski definition) is 1. The highest BCUT2D eigenvalue weighted by Crippen LogP contribution is 2.24. The van der Waals surface area contributed by atoms with Gasteiger partial charge in [-0.3, -0.25) is 10.1 Å². The fourth-order valence-corrected chi connectivity index (χ4v) is 3.37. The molecule has 26 heavy (non-hydrogen) atoms. The zero-order valence-electron chi connectivity index (χ0n) is 14.5. The molecule has 3 aromatic rings. The number of benzene rings is 1. The predicted molar refractivity (Wildman–Crippen MR) is 100 cm³/mol. The van der Waals surface area contributed by atoms with Gasteiger partial charge in [0.15, 0.2) is 17.1 Å². The molecule has 1 unspecified atom stereocenters. The number of hydrogen-bond acceptors (Lipinski definition) is 8. The largest absolute Gasteiger partial charge is 0.483 e. The zero-order valence-corrected chi connectivity index (χ0v) is 16.2. The number of rotatable bonds is 7. The molecule has 3 rings (SSSR count). The number of carbonyl (C=O) groups excluding carboxylic acids is 1. The fraction of sp³-hybridized carbons (Fsp3) is 0.312. The molecule has 0 fully saturated rings. The summed E-state index contributed by atoms with van der Waals surface area (Å²) in [6, 6.07) is 7.85. The summed E-state index contributed by atoms with van der Waals surface area (Å²) in [4.78, 5) is 11.9. The van der Waals surface area contributed by atoms with E-state index in [2.05, 4.69) is 25.7 Å². The lowest BCUT2D eigenvalue weighted by Gasteiger charge is -2.14. The van der Waals surface area contributed by atoms with Gasteiger partial charge in [0.25, 0.3) is 0 Å². The van der Waals surface area contributed by atoms with E-state index >= 15 is 0 Å². The van der Waals surface area contributed by atoms with Gasteiger partial charge in [-0.05, 0) is 26.0 Å². The third kappa shape index (κ3) is 4.58. The Morgan fingerprint density at radius 3 is 2.77 bits per heavy atom. The summed E-state index contributed by atoms with van der Waals surface area (Å²) in [6.07, 6.45) is -0.264. The second kappa shape index (κ2) is 8.28. The maximum atomic E-state index is 11.9. The van der Waals surface area contributed by atoms with E-state index in [1.54, 1.807) is 5.51 Å². The van der Waals surface area contributed by atoms with Crippen LogP contribution in [0.3, 0.4) is 0 Å². The number of nitrogens with zero attached hydrogens (tertiary/aromatic N) is 5. The number of anilines is 1. The third-order valence-corrected chi connectivity index (χ3v) is 5.13. The molecule has 1 amide bonds. The lowest BCUT2D eigenvalue weighted by Crippen LogP contribution is -2.14. The van der Waals surface area contributed by atoms with Crippen molar-refractivity contribution < 1.29 is 9.53 Å². The van der Waals surface area contributed by atoms with Crippen molar-refractivity contribution in [2.45, 2.75) is 25.1 Å². The first-order chi connectivity index (χ1) is 12.5. The molecule has 0 saturated heterocycles. The van der Waals surface area contributed by atoms with E-state index in [0.717, 1.165) is 5.75 Å². The molecule has 136 valence electrons. The van der Waals surface area contributed by atoms with Crippen LogP contribution in [-0.4, -0.2) is 36.6 Å². The van der Waals surface area contributed by atoms with Crippen molar-refractivity contribution in [2.24, 2.45) is 7.05 Å². The molecule has 1 N–H and O–H groups in total. The van der Waals surface area contributed by atoms with Gasteiger partial charge in [-0.15, -0.1) is 20.4 Å². The van der Waals surface area contributed by atoms with E-state index < -0.39 is 0 Å². The summed E-state index contributed by atoms with van der Waals surface area (Å²) in [5.74, 6) is 1.51. The zero-order chi connectivity index (χ0) is 18.5. The molecule has 0 aliphatic carbocycles. The first kappa shape index (κ1) is 18.3. The van der Waals surface area contributed by atoms with Crippen LogP contribution in [0.5, 0.6) is 5.75 Å². The first-order valence-electron chi connectivity index (χ1n) is 7.84. The van der Waals surface area contributed by atoms with Gasteiger partial charge in [0.2, 0.25) is 11.0 Å². The van der Waals surface area contributed by atoms with Gasteiger partial charge in [-0.1, -0.05) is 40.8 Å². The number of ether oxygens (including phenoxy) is 1. The summed E-state index contributed by atoms with van der Waals surface area (Å²) in [7, 11) is 1.86. The van der Waals surface area contributed by atoms with Crippen LogP contribution in [0, 0.1) is 6.92 Å². The molecule has 2 aromatic heterocycles. The quantitative estimate of drug-likeness (QED) is 0.620. The second-order valence-corrected chi connectivity index (χ2v) is 7.33. The van der Waals surface area contributed by atoms with Crippen LogP contribution < -0.4 is 10.1 Å². The molecular formula is C16H18N6O2S2. The minimum Gasteiger partial charge on any atom is -0.483 e. The first-order valence-corrected chi connectivity index (χ1v) is 9.71. The van der Waals surface area contributed by atoms with Crippen molar-refractivity contribution in [3.8, 4) is 5.75 Å². The van der Waals surface area contributed by atoms with Crippen LogP contribution in [0.25, 0.3) is 0 Å². The molecule has 8 nitrogen and oxygen atoms in total.